The molecule has 0 spiro atoms. The second-order valence-corrected chi connectivity index (χ2v) is 4.99. The lowest BCUT2D eigenvalue weighted by molar-refractivity contribution is 0.722. The Kier molecular flexibility index (Phi) is 3.06. The zero-order valence-electron chi connectivity index (χ0n) is 11.4. The highest BCUT2D eigenvalue weighted by atomic mass is 16.1. The van der Waals surface area contributed by atoms with Crippen LogP contribution in [0.5, 0.6) is 0 Å². The van der Waals surface area contributed by atoms with Crippen LogP contribution in [0, 0.1) is 0 Å². The van der Waals surface area contributed by atoms with Crippen molar-refractivity contribution in [3.05, 3.63) is 65.0 Å². The number of fused-ring (bicyclic) bond motifs is 1. The highest BCUT2D eigenvalue weighted by Gasteiger charge is 2.14. The molecule has 0 atom stereocenters. The van der Waals surface area contributed by atoms with E-state index in [2.05, 4.69) is 9.97 Å². The summed E-state index contributed by atoms with van der Waals surface area (Å²) in [5.41, 5.74) is 1.50. The van der Waals surface area contributed by atoms with Gasteiger partial charge in [0.2, 0.25) is 0 Å². The average molecular weight is 265 g/mol. The number of rotatable bonds is 2. The number of hydrogen-bond donors (Lipinski definition) is 0. The van der Waals surface area contributed by atoms with Crippen LogP contribution in [0.4, 0.5) is 0 Å². The molecule has 0 unspecified atom stereocenters. The summed E-state index contributed by atoms with van der Waals surface area (Å²) < 4.78 is 1.68. The van der Waals surface area contributed by atoms with Crippen molar-refractivity contribution in [3.8, 4) is 5.69 Å². The van der Waals surface area contributed by atoms with Crippen LogP contribution in [0.1, 0.15) is 25.6 Å². The van der Waals surface area contributed by atoms with Crippen molar-refractivity contribution in [1.82, 2.24) is 14.5 Å². The van der Waals surface area contributed by atoms with Crippen LogP contribution in [0.3, 0.4) is 0 Å². The van der Waals surface area contributed by atoms with Crippen LogP contribution in [0.25, 0.3) is 16.6 Å². The molecule has 0 saturated heterocycles. The second kappa shape index (κ2) is 4.89. The van der Waals surface area contributed by atoms with Crippen molar-refractivity contribution in [2.45, 2.75) is 19.8 Å². The Morgan fingerprint density at radius 2 is 1.75 bits per heavy atom. The zero-order chi connectivity index (χ0) is 14.1. The Labute approximate surface area is 116 Å². The molecular weight excluding hydrogens is 250 g/mol. The van der Waals surface area contributed by atoms with Crippen LogP contribution in [-0.2, 0) is 0 Å². The molecule has 2 heterocycles. The molecule has 4 nitrogen and oxygen atoms in total. The minimum Gasteiger partial charge on any atom is -0.268 e. The Bertz CT molecular complexity index is 807. The van der Waals surface area contributed by atoms with Gasteiger partial charge in [-0.1, -0.05) is 26.0 Å². The monoisotopic (exact) mass is 265 g/mol. The van der Waals surface area contributed by atoms with E-state index in [4.69, 9.17) is 0 Å². The van der Waals surface area contributed by atoms with Crippen molar-refractivity contribution in [2.75, 3.05) is 0 Å². The lowest BCUT2D eigenvalue weighted by atomic mass is 10.1. The molecule has 3 aromatic rings. The van der Waals surface area contributed by atoms with Crippen LogP contribution < -0.4 is 5.56 Å². The molecule has 0 saturated carbocycles. The van der Waals surface area contributed by atoms with Gasteiger partial charge < -0.3 is 0 Å². The fourth-order valence-corrected chi connectivity index (χ4v) is 2.28. The minimum absolute atomic E-state index is 0.0366. The smallest absolute Gasteiger partial charge is 0.265 e. The van der Waals surface area contributed by atoms with Gasteiger partial charge in [0, 0.05) is 18.3 Å². The van der Waals surface area contributed by atoms with E-state index in [0.29, 0.717) is 5.39 Å². The van der Waals surface area contributed by atoms with Gasteiger partial charge in [0.25, 0.3) is 5.56 Å². The summed E-state index contributed by atoms with van der Waals surface area (Å²) in [6, 6.07) is 11.1. The fourth-order valence-electron chi connectivity index (χ4n) is 2.28. The van der Waals surface area contributed by atoms with Gasteiger partial charge in [-0.15, -0.1) is 0 Å². The Hall–Kier alpha value is -2.49. The maximum absolute atomic E-state index is 12.8. The largest absolute Gasteiger partial charge is 0.268 e. The van der Waals surface area contributed by atoms with Crippen molar-refractivity contribution in [2.24, 2.45) is 0 Å². The molecule has 1 aromatic carbocycles. The molecule has 0 amide bonds. The van der Waals surface area contributed by atoms with E-state index in [1.54, 1.807) is 17.0 Å². The third kappa shape index (κ3) is 1.99. The number of benzene rings is 1. The molecular formula is C16H15N3O. The average Bonchev–Trinajstić information content (AvgIpc) is 2.48. The van der Waals surface area contributed by atoms with E-state index >= 15 is 0 Å². The highest BCUT2D eigenvalue weighted by Crippen LogP contribution is 2.18. The SMILES string of the molecule is CC(C)c1nc2ccccc2c(=O)n1-c1ccncc1. The summed E-state index contributed by atoms with van der Waals surface area (Å²) in [7, 11) is 0. The maximum Gasteiger partial charge on any atom is 0.265 e. The third-order valence-electron chi connectivity index (χ3n) is 3.24. The van der Waals surface area contributed by atoms with E-state index in [0.717, 1.165) is 17.0 Å². The first-order valence-electron chi connectivity index (χ1n) is 6.60. The molecule has 2 aromatic heterocycles. The predicted octanol–water partition coefficient (Wildman–Crippen LogP) is 2.90. The molecule has 20 heavy (non-hydrogen) atoms. The van der Waals surface area contributed by atoms with E-state index in [9.17, 15) is 4.79 Å². The molecule has 0 radical (unpaired) electrons. The topological polar surface area (TPSA) is 47.8 Å². The number of aromatic nitrogens is 3. The standard InChI is InChI=1S/C16H15N3O/c1-11(2)15-18-14-6-4-3-5-13(14)16(20)19(15)12-7-9-17-10-8-12/h3-11H,1-2H3. The number of para-hydroxylation sites is 1. The van der Waals surface area contributed by atoms with Gasteiger partial charge in [0.15, 0.2) is 0 Å². The molecule has 0 aliphatic heterocycles. The van der Waals surface area contributed by atoms with Crippen molar-refractivity contribution >= 4 is 10.9 Å². The zero-order valence-corrected chi connectivity index (χ0v) is 11.4. The van der Waals surface area contributed by atoms with E-state index in [1.165, 1.54) is 0 Å². The van der Waals surface area contributed by atoms with Gasteiger partial charge in [-0.3, -0.25) is 14.3 Å². The Balaban J connectivity index is 2.43. The van der Waals surface area contributed by atoms with E-state index < -0.39 is 0 Å². The summed E-state index contributed by atoms with van der Waals surface area (Å²) >= 11 is 0. The van der Waals surface area contributed by atoms with Crippen molar-refractivity contribution in [3.63, 3.8) is 0 Å². The normalized spacial score (nSPS) is 11.2. The van der Waals surface area contributed by atoms with Crippen molar-refractivity contribution in [1.29, 1.82) is 0 Å². The number of hydrogen-bond acceptors (Lipinski definition) is 3. The summed E-state index contributed by atoms with van der Waals surface area (Å²) in [5, 5.41) is 0.633. The predicted molar refractivity (Wildman–Crippen MR) is 79.2 cm³/mol. The molecule has 3 rings (SSSR count). The third-order valence-corrected chi connectivity index (χ3v) is 3.24. The Morgan fingerprint density at radius 3 is 2.45 bits per heavy atom. The van der Waals surface area contributed by atoms with Gasteiger partial charge in [0.1, 0.15) is 5.82 Å². The maximum atomic E-state index is 12.8. The fraction of sp³-hybridized carbons (Fsp3) is 0.188. The lowest BCUT2D eigenvalue weighted by Gasteiger charge is -2.15. The minimum atomic E-state index is -0.0366. The van der Waals surface area contributed by atoms with Crippen molar-refractivity contribution < 1.29 is 0 Å². The molecule has 4 heteroatoms. The van der Waals surface area contributed by atoms with Gasteiger partial charge in [-0.25, -0.2) is 4.98 Å². The first-order valence-corrected chi connectivity index (χ1v) is 6.60. The molecule has 0 fully saturated rings. The number of pyridine rings is 1. The molecule has 0 aliphatic rings. The first-order chi connectivity index (χ1) is 9.68. The molecule has 100 valence electrons. The summed E-state index contributed by atoms with van der Waals surface area (Å²) in [4.78, 5) is 21.4. The van der Waals surface area contributed by atoms with Crippen LogP contribution in [0.15, 0.2) is 53.6 Å². The summed E-state index contributed by atoms with van der Waals surface area (Å²) in [6.07, 6.45) is 3.36. The first kappa shape index (κ1) is 12.5. The van der Waals surface area contributed by atoms with Gasteiger partial charge in [-0.05, 0) is 24.3 Å². The highest BCUT2D eigenvalue weighted by molar-refractivity contribution is 5.77. The molecule has 0 bridgehead atoms. The molecule has 0 aliphatic carbocycles. The summed E-state index contributed by atoms with van der Waals surface area (Å²) in [5.74, 6) is 0.917. The van der Waals surface area contributed by atoms with Crippen LogP contribution >= 0.6 is 0 Å². The van der Waals surface area contributed by atoms with Gasteiger partial charge in [0.05, 0.1) is 16.6 Å². The lowest BCUT2D eigenvalue weighted by Crippen LogP contribution is -2.24. The summed E-state index contributed by atoms with van der Waals surface area (Å²) in [6.45, 7) is 4.07. The van der Waals surface area contributed by atoms with Gasteiger partial charge >= 0.3 is 0 Å². The quantitative estimate of drug-likeness (QED) is 0.715. The Morgan fingerprint density at radius 1 is 1.05 bits per heavy atom. The number of nitrogens with zero attached hydrogens (tertiary/aromatic N) is 3. The van der Waals surface area contributed by atoms with E-state index in [-0.39, 0.29) is 11.5 Å². The van der Waals surface area contributed by atoms with Crippen LogP contribution in [-0.4, -0.2) is 14.5 Å². The van der Waals surface area contributed by atoms with Crippen LogP contribution in [0.2, 0.25) is 0 Å². The molecule has 0 N–H and O–H groups in total. The van der Waals surface area contributed by atoms with Gasteiger partial charge in [-0.2, -0.15) is 0 Å². The second-order valence-electron chi connectivity index (χ2n) is 4.99. The van der Waals surface area contributed by atoms with E-state index in [1.807, 2.05) is 50.2 Å².